The lowest BCUT2D eigenvalue weighted by molar-refractivity contribution is 0.254. The van der Waals surface area contributed by atoms with Gasteiger partial charge >= 0.3 is 0 Å². The predicted octanol–water partition coefficient (Wildman–Crippen LogP) is 3.58. The number of aromatic nitrogens is 3. The average molecular weight is 547 g/mol. The Morgan fingerprint density at radius 2 is 1.59 bits per heavy atom. The van der Waals surface area contributed by atoms with Crippen LogP contribution in [0.15, 0.2) is 72.0 Å². The van der Waals surface area contributed by atoms with Gasteiger partial charge in [0.1, 0.15) is 18.7 Å². The first-order valence-corrected chi connectivity index (χ1v) is 10.9. The highest BCUT2D eigenvalue weighted by molar-refractivity contribution is 14.0. The van der Waals surface area contributed by atoms with Gasteiger partial charge in [0.2, 0.25) is 0 Å². The van der Waals surface area contributed by atoms with Crippen LogP contribution < -0.4 is 10.6 Å². The number of benzene rings is 2. The minimum Gasteiger partial charge on any atom is -0.357 e. The molecule has 0 spiro atoms. The van der Waals surface area contributed by atoms with E-state index < -0.39 is 0 Å². The van der Waals surface area contributed by atoms with Crippen LogP contribution in [0.25, 0.3) is 0 Å². The van der Waals surface area contributed by atoms with Gasteiger partial charge in [0.15, 0.2) is 5.96 Å². The Hall–Kier alpha value is -2.46. The molecule has 0 bridgehead atoms. The molecular weight excluding hydrogens is 513 g/mol. The van der Waals surface area contributed by atoms with E-state index in [1.165, 1.54) is 11.1 Å². The molecule has 3 aromatic rings. The highest BCUT2D eigenvalue weighted by atomic mass is 127. The van der Waals surface area contributed by atoms with Crippen LogP contribution in [0.5, 0.6) is 0 Å². The maximum Gasteiger partial charge on any atom is 0.191 e. The van der Waals surface area contributed by atoms with Crippen LogP contribution in [0.3, 0.4) is 0 Å². The number of nitrogens with zero attached hydrogens (tertiary/aromatic N) is 5. The molecule has 0 saturated carbocycles. The van der Waals surface area contributed by atoms with Crippen molar-refractivity contribution in [1.82, 2.24) is 30.3 Å². The van der Waals surface area contributed by atoms with Crippen LogP contribution in [-0.2, 0) is 26.7 Å². The van der Waals surface area contributed by atoms with E-state index in [1.54, 1.807) is 11.0 Å². The summed E-state index contributed by atoms with van der Waals surface area (Å²) in [6, 6.07) is 21.3. The van der Waals surface area contributed by atoms with Crippen molar-refractivity contribution in [3.8, 4) is 0 Å². The number of nitrogens with one attached hydrogen (secondary N) is 2. The molecule has 0 aliphatic heterocycles. The first-order chi connectivity index (χ1) is 15.2. The van der Waals surface area contributed by atoms with Crippen molar-refractivity contribution < 1.29 is 0 Å². The van der Waals surface area contributed by atoms with Crippen molar-refractivity contribution in [2.75, 3.05) is 19.6 Å². The van der Waals surface area contributed by atoms with Crippen molar-refractivity contribution in [3.63, 3.8) is 0 Å². The van der Waals surface area contributed by atoms with Crippen molar-refractivity contribution >= 4 is 29.9 Å². The lowest BCUT2D eigenvalue weighted by atomic mass is 10.1. The standard InChI is InChI=1S/C24H33N7.HI/c1-3-25-24(27-17-23-28-20-29-30(23)2)26-15-10-16-31(18-21-11-6-4-7-12-21)19-22-13-8-5-9-14-22;/h4-9,11-14,20H,3,10,15-19H2,1-2H3,(H2,25,26,27);1H. The molecular formula is C24H34IN7. The van der Waals surface area contributed by atoms with Gasteiger partial charge in [-0.2, -0.15) is 5.10 Å². The largest absolute Gasteiger partial charge is 0.357 e. The molecule has 0 aliphatic carbocycles. The lowest BCUT2D eigenvalue weighted by Gasteiger charge is -2.23. The Kier molecular flexibility index (Phi) is 11.7. The molecule has 0 radical (unpaired) electrons. The smallest absolute Gasteiger partial charge is 0.191 e. The summed E-state index contributed by atoms with van der Waals surface area (Å²) in [6.45, 7) is 7.12. The number of hydrogen-bond donors (Lipinski definition) is 2. The van der Waals surface area contributed by atoms with E-state index in [-0.39, 0.29) is 24.0 Å². The minimum atomic E-state index is 0. The number of aryl methyl sites for hydroxylation is 1. The van der Waals surface area contributed by atoms with E-state index >= 15 is 0 Å². The van der Waals surface area contributed by atoms with Crippen LogP contribution in [-0.4, -0.2) is 45.3 Å². The zero-order chi connectivity index (χ0) is 21.7. The third-order valence-corrected chi connectivity index (χ3v) is 4.97. The Balaban J connectivity index is 0.00000363. The van der Waals surface area contributed by atoms with Gasteiger partial charge in [0, 0.05) is 39.8 Å². The van der Waals surface area contributed by atoms with Gasteiger partial charge in [-0.1, -0.05) is 60.7 Å². The molecule has 7 nitrogen and oxygen atoms in total. The van der Waals surface area contributed by atoms with E-state index in [2.05, 4.69) is 98.2 Å². The molecule has 2 N–H and O–H groups in total. The van der Waals surface area contributed by atoms with E-state index in [1.807, 2.05) is 7.05 Å². The van der Waals surface area contributed by atoms with Crippen molar-refractivity contribution in [3.05, 3.63) is 83.9 Å². The molecule has 1 aromatic heterocycles. The maximum atomic E-state index is 4.63. The molecule has 0 unspecified atom stereocenters. The number of guanidine groups is 1. The van der Waals surface area contributed by atoms with E-state index in [0.29, 0.717) is 6.54 Å². The topological polar surface area (TPSA) is 70.4 Å². The van der Waals surface area contributed by atoms with E-state index in [9.17, 15) is 0 Å². The zero-order valence-corrected chi connectivity index (χ0v) is 21.3. The summed E-state index contributed by atoms with van der Waals surface area (Å²) in [5.74, 6) is 1.65. The van der Waals surface area contributed by atoms with E-state index in [4.69, 9.17) is 0 Å². The minimum absolute atomic E-state index is 0. The normalized spacial score (nSPS) is 11.3. The second kappa shape index (κ2) is 14.6. The fraction of sp³-hybridized carbons (Fsp3) is 0.375. The Morgan fingerprint density at radius 1 is 0.969 bits per heavy atom. The van der Waals surface area contributed by atoms with Crippen LogP contribution in [0.4, 0.5) is 0 Å². The lowest BCUT2D eigenvalue weighted by Crippen LogP contribution is -2.38. The van der Waals surface area contributed by atoms with Crippen LogP contribution >= 0.6 is 24.0 Å². The van der Waals surface area contributed by atoms with Gasteiger partial charge in [0.05, 0.1) is 0 Å². The molecule has 32 heavy (non-hydrogen) atoms. The SMILES string of the molecule is CCNC(=NCc1ncnn1C)NCCCN(Cc1ccccc1)Cc1ccccc1.I. The van der Waals surface area contributed by atoms with Crippen molar-refractivity contribution in [1.29, 1.82) is 0 Å². The Labute approximate surface area is 208 Å². The highest BCUT2D eigenvalue weighted by Gasteiger charge is 2.08. The summed E-state index contributed by atoms with van der Waals surface area (Å²) in [5, 5.41) is 10.8. The third-order valence-electron chi connectivity index (χ3n) is 4.97. The van der Waals surface area contributed by atoms with Gasteiger partial charge in [0.25, 0.3) is 0 Å². The number of aliphatic imine (C=N–C) groups is 1. The summed E-state index contributed by atoms with van der Waals surface area (Å²) in [6.07, 6.45) is 2.58. The van der Waals surface area contributed by atoms with Crippen LogP contribution in [0.2, 0.25) is 0 Å². The molecule has 0 aliphatic rings. The van der Waals surface area contributed by atoms with Crippen LogP contribution in [0.1, 0.15) is 30.3 Å². The summed E-state index contributed by atoms with van der Waals surface area (Å²) >= 11 is 0. The third kappa shape index (κ3) is 8.96. The fourth-order valence-electron chi connectivity index (χ4n) is 3.36. The van der Waals surface area contributed by atoms with Gasteiger partial charge in [-0.15, -0.1) is 24.0 Å². The number of rotatable bonds is 11. The molecule has 2 aromatic carbocycles. The van der Waals surface area contributed by atoms with Gasteiger partial charge in [-0.3, -0.25) is 9.58 Å². The average Bonchev–Trinajstić information content (AvgIpc) is 3.21. The monoisotopic (exact) mass is 547 g/mol. The quantitative estimate of drug-likeness (QED) is 0.166. The first-order valence-electron chi connectivity index (χ1n) is 10.9. The summed E-state index contributed by atoms with van der Waals surface area (Å²) in [7, 11) is 1.88. The fourth-order valence-corrected chi connectivity index (χ4v) is 3.36. The van der Waals surface area contributed by atoms with Gasteiger partial charge in [-0.25, -0.2) is 9.98 Å². The second-order valence-electron chi connectivity index (χ2n) is 7.46. The molecule has 8 heteroatoms. The molecule has 0 fully saturated rings. The number of halogens is 1. The van der Waals surface area contributed by atoms with Gasteiger partial charge in [-0.05, 0) is 24.5 Å². The molecule has 0 atom stereocenters. The maximum absolute atomic E-state index is 4.63. The van der Waals surface area contributed by atoms with Crippen LogP contribution in [0, 0.1) is 0 Å². The zero-order valence-electron chi connectivity index (χ0n) is 18.9. The Morgan fingerprint density at radius 3 is 2.12 bits per heavy atom. The second-order valence-corrected chi connectivity index (χ2v) is 7.46. The first kappa shape index (κ1) is 25.8. The van der Waals surface area contributed by atoms with Gasteiger partial charge < -0.3 is 10.6 Å². The Bertz CT molecular complexity index is 871. The molecule has 172 valence electrons. The highest BCUT2D eigenvalue weighted by Crippen LogP contribution is 2.10. The molecule has 0 amide bonds. The summed E-state index contributed by atoms with van der Waals surface area (Å²) in [4.78, 5) is 11.4. The predicted molar refractivity (Wildman–Crippen MR) is 141 cm³/mol. The van der Waals surface area contributed by atoms with Crippen molar-refractivity contribution in [2.24, 2.45) is 12.0 Å². The number of hydrogen-bond acceptors (Lipinski definition) is 4. The van der Waals surface area contributed by atoms with Crippen molar-refractivity contribution in [2.45, 2.75) is 33.0 Å². The van der Waals surface area contributed by atoms with E-state index in [0.717, 1.165) is 50.9 Å². The summed E-state index contributed by atoms with van der Waals surface area (Å²) < 4.78 is 1.75. The molecule has 3 rings (SSSR count). The molecule has 1 heterocycles. The summed E-state index contributed by atoms with van der Waals surface area (Å²) in [5.41, 5.74) is 2.68. The molecule has 0 saturated heterocycles.